The van der Waals surface area contributed by atoms with E-state index < -0.39 is 0 Å². The molecule has 1 aliphatic carbocycles. The molecule has 0 saturated heterocycles. The van der Waals surface area contributed by atoms with Crippen LogP contribution in [-0.2, 0) is 30.6 Å². The van der Waals surface area contributed by atoms with Gasteiger partial charge in [-0.05, 0) is 48.6 Å². The molecule has 124 valence electrons. The van der Waals surface area contributed by atoms with Crippen LogP contribution < -0.4 is 5.32 Å². The highest BCUT2D eigenvalue weighted by Crippen LogP contribution is 2.27. The molecule has 1 atom stereocenters. The SMILES string of the molecule is CN1Cc2ccccc2C[C@@H]1CNC(=O)C1Cc2ccccc2C1. The van der Waals surface area contributed by atoms with Crippen molar-refractivity contribution in [2.45, 2.75) is 31.8 Å². The monoisotopic (exact) mass is 320 g/mol. The molecule has 0 bridgehead atoms. The molecule has 0 radical (unpaired) electrons. The summed E-state index contributed by atoms with van der Waals surface area (Å²) in [6.07, 6.45) is 2.77. The Balaban J connectivity index is 1.35. The largest absolute Gasteiger partial charge is 0.354 e. The summed E-state index contributed by atoms with van der Waals surface area (Å²) in [6, 6.07) is 17.4. The van der Waals surface area contributed by atoms with Gasteiger partial charge >= 0.3 is 0 Å². The fourth-order valence-corrected chi connectivity index (χ4v) is 4.05. The number of rotatable bonds is 3. The van der Waals surface area contributed by atoms with E-state index in [0.717, 1.165) is 32.4 Å². The molecule has 0 aromatic heterocycles. The van der Waals surface area contributed by atoms with Crippen molar-refractivity contribution in [3.8, 4) is 0 Å². The van der Waals surface area contributed by atoms with Crippen LogP contribution in [0.1, 0.15) is 22.3 Å². The first-order chi connectivity index (χ1) is 11.7. The zero-order valence-corrected chi connectivity index (χ0v) is 14.2. The molecule has 1 N–H and O–H groups in total. The fourth-order valence-electron chi connectivity index (χ4n) is 4.05. The third-order valence-electron chi connectivity index (χ3n) is 5.55. The molecule has 3 heteroatoms. The van der Waals surface area contributed by atoms with Crippen LogP contribution in [0.3, 0.4) is 0 Å². The zero-order chi connectivity index (χ0) is 16.5. The van der Waals surface area contributed by atoms with Gasteiger partial charge in [0, 0.05) is 25.0 Å². The van der Waals surface area contributed by atoms with Crippen molar-refractivity contribution in [3.05, 3.63) is 70.8 Å². The van der Waals surface area contributed by atoms with E-state index in [9.17, 15) is 4.79 Å². The van der Waals surface area contributed by atoms with Gasteiger partial charge in [-0.2, -0.15) is 0 Å². The number of benzene rings is 2. The van der Waals surface area contributed by atoms with Crippen molar-refractivity contribution >= 4 is 5.91 Å². The van der Waals surface area contributed by atoms with Crippen LogP contribution in [0, 0.1) is 5.92 Å². The van der Waals surface area contributed by atoms with Gasteiger partial charge in [0.15, 0.2) is 0 Å². The quantitative estimate of drug-likeness (QED) is 0.943. The smallest absolute Gasteiger partial charge is 0.223 e. The summed E-state index contributed by atoms with van der Waals surface area (Å²) in [6.45, 7) is 1.70. The number of fused-ring (bicyclic) bond motifs is 2. The van der Waals surface area contributed by atoms with Gasteiger partial charge in [-0.15, -0.1) is 0 Å². The summed E-state index contributed by atoms with van der Waals surface area (Å²) in [5.41, 5.74) is 5.50. The molecule has 4 rings (SSSR count). The first-order valence-electron chi connectivity index (χ1n) is 8.82. The Bertz CT molecular complexity index is 730. The van der Waals surface area contributed by atoms with E-state index in [4.69, 9.17) is 0 Å². The van der Waals surface area contributed by atoms with Crippen LogP contribution >= 0.6 is 0 Å². The summed E-state index contributed by atoms with van der Waals surface area (Å²) in [5, 5.41) is 3.21. The topological polar surface area (TPSA) is 32.3 Å². The summed E-state index contributed by atoms with van der Waals surface area (Å²) in [5.74, 6) is 0.307. The highest BCUT2D eigenvalue weighted by molar-refractivity contribution is 5.80. The molecule has 0 unspecified atom stereocenters. The van der Waals surface area contributed by atoms with E-state index in [1.165, 1.54) is 22.3 Å². The van der Waals surface area contributed by atoms with Gasteiger partial charge in [-0.3, -0.25) is 9.69 Å². The maximum absolute atomic E-state index is 12.6. The van der Waals surface area contributed by atoms with Crippen LogP contribution in [0.2, 0.25) is 0 Å². The van der Waals surface area contributed by atoms with E-state index in [-0.39, 0.29) is 11.8 Å². The lowest BCUT2D eigenvalue weighted by Crippen LogP contribution is -2.46. The van der Waals surface area contributed by atoms with Crippen LogP contribution in [0.15, 0.2) is 48.5 Å². The number of carbonyl (C=O) groups excluding carboxylic acids is 1. The van der Waals surface area contributed by atoms with E-state index in [1.54, 1.807) is 0 Å². The number of likely N-dealkylation sites (N-methyl/N-ethyl adjacent to an activating group) is 1. The Kier molecular flexibility index (Phi) is 4.11. The lowest BCUT2D eigenvalue weighted by Gasteiger charge is -2.34. The highest BCUT2D eigenvalue weighted by atomic mass is 16.1. The van der Waals surface area contributed by atoms with Crippen LogP contribution in [0.5, 0.6) is 0 Å². The molecule has 0 saturated carbocycles. The van der Waals surface area contributed by atoms with Crippen molar-refractivity contribution in [1.82, 2.24) is 10.2 Å². The van der Waals surface area contributed by atoms with E-state index in [1.807, 2.05) is 0 Å². The first-order valence-corrected chi connectivity index (χ1v) is 8.82. The summed E-state index contributed by atoms with van der Waals surface area (Å²) < 4.78 is 0. The first kappa shape index (κ1) is 15.4. The van der Waals surface area contributed by atoms with Crippen molar-refractivity contribution in [3.63, 3.8) is 0 Å². The van der Waals surface area contributed by atoms with E-state index >= 15 is 0 Å². The molecule has 24 heavy (non-hydrogen) atoms. The number of amides is 1. The van der Waals surface area contributed by atoms with Crippen molar-refractivity contribution in [2.24, 2.45) is 5.92 Å². The zero-order valence-electron chi connectivity index (χ0n) is 14.2. The average molecular weight is 320 g/mol. The molecule has 0 fully saturated rings. The minimum atomic E-state index is 0.101. The highest BCUT2D eigenvalue weighted by Gasteiger charge is 2.28. The number of hydrogen-bond donors (Lipinski definition) is 1. The third kappa shape index (κ3) is 2.96. The number of nitrogens with zero attached hydrogens (tertiary/aromatic N) is 1. The van der Waals surface area contributed by atoms with Gasteiger partial charge in [-0.25, -0.2) is 0 Å². The normalized spacial score (nSPS) is 20.5. The second kappa shape index (κ2) is 6.40. The second-order valence-electron chi connectivity index (χ2n) is 7.16. The maximum Gasteiger partial charge on any atom is 0.223 e. The molecule has 2 aliphatic rings. The van der Waals surface area contributed by atoms with Crippen molar-refractivity contribution in [1.29, 1.82) is 0 Å². The summed E-state index contributed by atoms with van der Waals surface area (Å²) >= 11 is 0. The lowest BCUT2D eigenvalue weighted by molar-refractivity contribution is -0.125. The minimum absolute atomic E-state index is 0.101. The maximum atomic E-state index is 12.6. The second-order valence-corrected chi connectivity index (χ2v) is 7.16. The van der Waals surface area contributed by atoms with Crippen molar-refractivity contribution < 1.29 is 4.79 Å². The Labute approximate surface area is 143 Å². The molecule has 1 aliphatic heterocycles. The standard InChI is InChI=1S/C21H24N2O/c1-23-14-18-9-5-4-8-17(18)12-20(23)13-22-21(24)19-10-15-6-2-3-7-16(15)11-19/h2-9,19-20H,10-14H2,1H3,(H,22,24)/t20-/m1/s1. The van der Waals surface area contributed by atoms with E-state index in [2.05, 4.69) is 65.8 Å². The van der Waals surface area contributed by atoms with Crippen molar-refractivity contribution in [2.75, 3.05) is 13.6 Å². The molecule has 0 spiro atoms. The Morgan fingerprint density at radius 2 is 1.50 bits per heavy atom. The van der Waals surface area contributed by atoms with Gasteiger partial charge in [0.05, 0.1) is 0 Å². The minimum Gasteiger partial charge on any atom is -0.354 e. The van der Waals surface area contributed by atoms with Crippen LogP contribution in [0.4, 0.5) is 0 Å². The van der Waals surface area contributed by atoms with Gasteiger partial charge in [0.1, 0.15) is 0 Å². The Morgan fingerprint density at radius 1 is 0.958 bits per heavy atom. The number of nitrogens with one attached hydrogen (secondary N) is 1. The predicted octanol–water partition coefficient (Wildman–Crippen LogP) is 2.57. The van der Waals surface area contributed by atoms with Gasteiger partial charge in [-0.1, -0.05) is 48.5 Å². The van der Waals surface area contributed by atoms with Crippen LogP contribution in [0.25, 0.3) is 0 Å². The molecular weight excluding hydrogens is 296 g/mol. The summed E-state index contributed by atoms with van der Waals surface area (Å²) in [4.78, 5) is 14.9. The summed E-state index contributed by atoms with van der Waals surface area (Å²) in [7, 11) is 2.15. The number of hydrogen-bond acceptors (Lipinski definition) is 2. The number of carbonyl (C=O) groups is 1. The molecule has 3 nitrogen and oxygen atoms in total. The average Bonchev–Trinajstić information content (AvgIpc) is 3.04. The lowest BCUT2D eigenvalue weighted by atomic mass is 9.94. The van der Waals surface area contributed by atoms with E-state index in [0.29, 0.717) is 6.04 Å². The Morgan fingerprint density at radius 3 is 2.12 bits per heavy atom. The predicted molar refractivity (Wildman–Crippen MR) is 95.8 cm³/mol. The van der Waals surface area contributed by atoms with Gasteiger partial charge in [0.2, 0.25) is 5.91 Å². The third-order valence-corrected chi connectivity index (χ3v) is 5.55. The van der Waals surface area contributed by atoms with Gasteiger partial charge in [0.25, 0.3) is 0 Å². The molecular formula is C21H24N2O. The van der Waals surface area contributed by atoms with Crippen LogP contribution in [-0.4, -0.2) is 30.4 Å². The molecule has 2 aromatic carbocycles. The fraction of sp³-hybridized carbons (Fsp3) is 0.381. The van der Waals surface area contributed by atoms with Gasteiger partial charge < -0.3 is 5.32 Å². The Hall–Kier alpha value is -2.13. The molecule has 2 aromatic rings. The molecule has 1 heterocycles. The molecule has 1 amide bonds.